The first-order valence-electron chi connectivity index (χ1n) is 11.3. The van der Waals surface area contributed by atoms with Crippen LogP contribution < -0.4 is 19.9 Å². The predicted octanol–water partition coefficient (Wildman–Crippen LogP) is 6.11. The van der Waals surface area contributed by atoms with Crippen molar-refractivity contribution in [1.29, 1.82) is 0 Å². The number of hydrogen-bond donors (Lipinski definition) is 3. The van der Waals surface area contributed by atoms with Crippen LogP contribution in [0.15, 0.2) is 66.9 Å². The fourth-order valence-corrected chi connectivity index (χ4v) is 4.47. The minimum Gasteiger partial charge on any atom is -0.495 e. The largest absolute Gasteiger partial charge is 0.495 e. The zero-order valence-electron chi connectivity index (χ0n) is 20.3. The van der Waals surface area contributed by atoms with Gasteiger partial charge in [0.25, 0.3) is 0 Å². The highest BCUT2D eigenvalue weighted by molar-refractivity contribution is 7.99. The van der Waals surface area contributed by atoms with E-state index in [1.54, 1.807) is 49.6 Å². The Morgan fingerprint density at radius 3 is 2.68 bits per heavy atom. The standard InChI is InChI=1S/C27H24FN5O3S/c1-15-10-17(36-24-7-5-4-6-19(24)28)8-9-23(15)33-27(29)18(14-30-33)26(34)22-11-16-12-25(35-2)21(32-37-3)13-20(16)31-22/h4-14,31-32H,29H2,1-3H3. The van der Waals surface area contributed by atoms with E-state index in [1.165, 1.54) is 28.9 Å². The third-order valence-corrected chi connectivity index (χ3v) is 6.33. The number of halogens is 1. The molecule has 0 saturated heterocycles. The van der Waals surface area contributed by atoms with Gasteiger partial charge in [0.2, 0.25) is 5.78 Å². The number of rotatable bonds is 8. The smallest absolute Gasteiger partial charge is 0.214 e. The molecule has 0 radical (unpaired) electrons. The molecule has 0 amide bonds. The molecule has 2 aromatic heterocycles. The predicted molar refractivity (Wildman–Crippen MR) is 145 cm³/mol. The fraction of sp³-hybridized carbons (Fsp3) is 0.111. The highest BCUT2D eigenvalue weighted by Gasteiger charge is 2.21. The van der Waals surface area contributed by atoms with Crippen molar-refractivity contribution >= 4 is 40.1 Å². The number of aromatic amines is 1. The van der Waals surface area contributed by atoms with Crippen molar-refractivity contribution in [2.24, 2.45) is 0 Å². The lowest BCUT2D eigenvalue weighted by Crippen LogP contribution is -2.08. The highest BCUT2D eigenvalue weighted by Crippen LogP contribution is 2.33. The van der Waals surface area contributed by atoms with Crippen LogP contribution in [-0.4, -0.2) is 33.9 Å². The summed E-state index contributed by atoms with van der Waals surface area (Å²) in [4.78, 5) is 16.5. The second-order valence-corrected chi connectivity index (χ2v) is 8.91. The second-order valence-electron chi connectivity index (χ2n) is 8.29. The maximum absolute atomic E-state index is 14.0. The normalized spacial score (nSPS) is 11.0. The Hall–Kier alpha value is -4.44. The van der Waals surface area contributed by atoms with Gasteiger partial charge in [0.15, 0.2) is 11.6 Å². The zero-order valence-corrected chi connectivity index (χ0v) is 21.2. The molecular formula is C27H24FN5O3S. The number of H-pyrrole nitrogens is 1. The van der Waals surface area contributed by atoms with E-state index in [1.807, 2.05) is 25.3 Å². The van der Waals surface area contributed by atoms with E-state index in [9.17, 15) is 9.18 Å². The van der Waals surface area contributed by atoms with Gasteiger partial charge in [0.05, 0.1) is 35.9 Å². The van der Waals surface area contributed by atoms with E-state index < -0.39 is 5.82 Å². The van der Waals surface area contributed by atoms with Crippen molar-refractivity contribution in [2.45, 2.75) is 6.92 Å². The molecule has 188 valence electrons. The van der Waals surface area contributed by atoms with Crippen LogP contribution in [0.5, 0.6) is 17.2 Å². The minimum absolute atomic E-state index is 0.133. The third-order valence-electron chi connectivity index (χ3n) is 5.91. The number of carbonyl (C=O) groups is 1. The Kier molecular flexibility index (Phi) is 6.49. The van der Waals surface area contributed by atoms with Crippen molar-refractivity contribution < 1.29 is 18.7 Å². The number of hydrogen-bond acceptors (Lipinski definition) is 7. The maximum atomic E-state index is 14.0. The molecule has 37 heavy (non-hydrogen) atoms. The summed E-state index contributed by atoms with van der Waals surface area (Å²) in [5.41, 5.74) is 10.1. The summed E-state index contributed by atoms with van der Waals surface area (Å²) in [5.74, 6) is 0.749. The number of methoxy groups -OCH3 is 1. The second kappa shape index (κ2) is 9.90. The average molecular weight is 518 g/mol. The molecule has 0 fully saturated rings. The topological polar surface area (TPSA) is 107 Å². The molecule has 0 aliphatic carbocycles. The van der Waals surface area contributed by atoms with Crippen LogP contribution in [0.25, 0.3) is 16.6 Å². The first kappa shape index (κ1) is 24.3. The Bertz CT molecular complexity index is 1630. The summed E-state index contributed by atoms with van der Waals surface area (Å²) in [6.45, 7) is 1.86. The van der Waals surface area contributed by atoms with Gasteiger partial charge in [-0.25, -0.2) is 9.07 Å². The molecule has 0 spiro atoms. The fourth-order valence-electron chi connectivity index (χ4n) is 4.09. The lowest BCUT2D eigenvalue weighted by Gasteiger charge is -2.12. The molecule has 0 bridgehead atoms. The molecule has 5 rings (SSSR count). The molecule has 0 saturated carbocycles. The van der Waals surface area contributed by atoms with Crippen LogP contribution in [0, 0.1) is 12.7 Å². The lowest BCUT2D eigenvalue weighted by molar-refractivity contribution is 0.103. The van der Waals surface area contributed by atoms with E-state index in [0.717, 1.165) is 22.2 Å². The summed E-state index contributed by atoms with van der Waals surface area (Å²) in [6, 6.07) is 16.9. The molecule has 3 aromatic carbocycles. The van der Waals surface area contributed by atoms with Gasteiger partial charge < -0.3 is 24.9 Å². The number of aryl methyl sites for hydroxylation is 1. The Morgan fingerprint density at radius 2 is 1.95 bits per heavy atom. The lowest BCUT2D eigenvalue weighted by atomic mass is 10.1. The monoisotopic (exact) mass is 517 g/mol. The molecule has 4 N–H and O–H groups in total. The van der Waals surface area contributed by atoms with Crippen molar-refractivity contribution in [2.75, 3.05) is 23.8 Å². The minimum atomic E-state index is -0.448. The third kappa shape index (κ3) is 4.58. The molecule has 8 nitrogen and oxygen atoms in total. The number of nitrogens with zero attached hydrogens (tertiary/aromatic N) is 2. The number of ketones is 1. The molecule has 0 aliphatic heterocycles. The molecule has 0 unspecified atom stereocenters. The number of nitrogens with two attached hydrogens (primary N) is 1. The number of benzene rings is 3. The summed E-state index contributed by atoms with van der Waals surface area (Å²) >= 11 is 1.45. The number of ether oxygens (including phenoxy) is 2. The van der Waals surface area contributed by atoms with Gasteiger partial charge in [-0.2, -0.15) is 5.10 Å². The van der Waals surface area contributed by atoms with E-state index in [-0.39, 0.29) is 22.9 Å². The van der Waals surface area contributed by atoms with Gasteiger partial charge in [-0.1, -0.05) is 24.1 Å². The van der Waals surface area contributed by atoms with Crippen LogP contribution in [-0.2, 0) is 0 Å². The summed E-state index contributed by atoms with van der Waals surface area (Å²) in [7, 11) is 1.60. The van der Waals surface area contributed by atoms with Crippen molar-refractivity contribution in [3.63, 3.8) is 0 Å². The number of carbonyl (C=O) groups excluding carboxylic acids is 1. The first-order valence-corrected chi connectivity index (χ1v) is 12.5. The highest BCUT2D eigenvalue weighted by atomic mass is 32.2. The van der Waals surface area contributed by atoms with E-state index >= 15 is 0 Å². The van der Waals surface area contributed by atoms with Gasteiger partial charge in [0.1, 0.15) is 17.3 Å². The van der Waals surface area contributed by atoms with E-state index in [4.69, 9.17) is 15.2 Å². The number of nitrogen functional groups attached to an aromatic ring is 1. The van der Waals surface area contributed by atoms with Gasteiger partial charge in [-0.15, -0.1) is 0 Å². The summed E-state index contributed by atoms with van der Waals surface area (Å²) < 4.78 is 29.8. The van der Waals surface area contributed by atoms with Crippen molar-refractivity contribution in [3.8, 4) is 22.9 Å². The molecule has 2 heterocycles. The van der Waals surface area contributed by atoms with E-state index in [0.29, 0.717) is 22.9 Å². The quantitative estimate of drug-likeness (QED) is 0.168. The Morgan fingerprint density at radius 1 is 1.14 bits per heavy atom. The molecule has 0 aliphatic rings. The number of fused-ring (bicyclic) bond motifs is 1. The Labute approximate surface area is 216 Å². The molecule has 10 heteroatoms. The van der Waals surface area contributed by atoms with Crippen molar-refractivity contribution in [3.05, 3.63) is 89.5 Å². The average Bonchev–Trinajstić information content (AvgIpc) is 3.48. The molecule has 5 aromatic rings. The van der Waals surface area contributed by atoms with Gasteiger partial charge in [-0.3, -0.25) is 4.79 Å². The summed E-state index contributed by atoms with van der Waals surface area (Å²) in [6.07, 6.45) is 3.37. The van der Waals surface area contributed by atoms with Gasteiger partial charge in [0, 0.05) is 17.2 Å². The number of anilines is 2. The van der Waals surface area contributed by atoms with Crippen LogP contribution >= 0.6 is 11.9 Å². The van der Waals surface area contributed by atoms with Crippen LogP contribution in [0.1, 0.15) is 21.6 Å². The van der Waals surface area contributed by atoms with E-state index in [2.05, 4.69) is 14.8 Å². The summed E-state index contributed by atoms with van der Waals surface area (Å²) in [5, 5.41) is 5.20. The van der Waals surface area contributed by atoms with Crippen LogP contribution in [0.4, 0.5) is 15.9 Å². The maximum Gasteiger partial charge on any atom is 0.214 e. The van der Waals surface area contributed by atoms with Crippen LogP contribution in [0.2, 0.25) is 0 Å². The molecule has 0 atom stereocenters. The van der Waals surface area contributed by atoms with Crippen molar-refractivity contribution in [1.82, 2.24) is 14.8 Å². The van der Waals surface area contributed by atoms with Crippen LogP contribution in [0.3, 0.4) is 0 Å². The first-order chi connectivity index (χ1) is 17.9. The SMILES string of the molecule is COc1cc2cc(C(=O)c3cnn(-c4ccc(Oc5ccccc5F)cc4C)c3N)[nH]c2cc1NSC. The van der Waals surface area contributed by atoms with Gasteiger partial charge in [-0.05, 0) is 61.0 Å². The Balaban J connectivity index is 1.43. The van der Waals surface area contributed by atoms with Gasteiger partial charge >= 0.3 is 0 Å². The molecular weight excluding hydrogens is 493 g/mol. The number of para-hydroxylation sites is 1. The zero-order chi connectivity index (χ0) is 26.1. The number of nitrogens with one attached hydrogen (secondary N) is 2. The number of aromatic nitrogens is 3.